The van der Waals surface area contributed by atoms with Crippen LogP contribution in [0.4, 0.5) is 30.4 Å². The molecule has 2 heterocycles. The topological polar surface area (TPSA) is 78.3 Å². The molecule has 1 fully saturated rings. The van der Waals surface area contributed by atoms with Gasteiger partial charge in [-0.2, -0.15) is 0 Å². The highest BCUT2D eigenvalue weighted by Crippen LogP contribution is 2.35. The molecule has 2 aromatic rings. The highest BCUT2D eigenvalue weighted by molar-refractivity contribution is 6.09. The van der Waals surface area contributed by atoms with Crippen molar-refractivity contribution in [2.45, 2.75) is 33.1 Å². The molecule has 0 aliphatic carbocycles. The molecule has 33 heavy (non-hydrogen) atoms. The lowest BCUT2D eigenvalue weighted by Gasteiger charge is -2.36. The van der Waals surface area contributed by atoms with E-state index in [2.05, 4.69) is 15.0 Å². The molecule has 3 rings (SSSR count). The summed E-state index contributed by atoms with van der Waals surface area (Å²) >= 11 is 0. The highest BCUT2D eigenvalue weighted by atomic mass is 19.3. The molecule has 1 aromatic carbocycles. The van der Waals surface area contributed by atoms with E-state index in [1.165, 1.54) is 24.3 Å². The molecule has 9 heteroatoms. The van der Waals surface area contributed by atoms with E-state index in [1.54, 1.807) is 20.3 Å². The number of halogens is 3. The molecule has 1 aliphatic rings. The summed E-state index contributed by atoms with van der Waals surface area (Å²) in [6.07, 6.45) is -0.790. The van der Waals surface area contributed by atoms with Gasteiger partial charge in [0.05, 0.1) is 11.3 Å². The molecule has 0 radical (unpaired) electrons. The summed E-state index contributed by atoms with van der Waals surface area (Å²) < 4.78 is 44.2. The molecule has 2 N–H and O–H groups in total. The number of aromatic nitrogens is 1. The molecule has 0 spiro atoms. The van der Waals surface area contributed by atoms with Crippen LogP contribution in [0, 0.1) is 23.1 Å². The number of pyridine rings is 1. The quantitative estimate of drug-likeness (QED) is 0.415. The zero-order chi connectivity index (χ0) is 24.5. The van der Waals surface area contributed by atoms with Crippen LogP contribution >= 0.6 is 0 Å². The fourth-order valence-corrected chi connectivity index (χ4v) is 3.61. The number of rotatable bonds is 7. The molecule has 6 nitrogen and oxygen atoms in total. The number of nitrogens with zero attached hydrogens (tertiary/aromatic N) is 2. The minimum Gasteiger partial charge on any atom is -0.388 e. The predicted octanol–water partition coefficient (Wildman–Crippen LogP) is 5.54. The fourth-order valence-electron chi connectivity index (χ4n) is 3.61. The van der Waals surface area contributed by atoms with Crippen molar-refractivity contribution >= 4 is 29.2 Å². The van der Waals surface area contributed by atoms with Crippen LogP contribution in [0.15, 0.2) is 30.3 Å². The summed E-state index contributed by atoms with van der Waals surface area (Å²) in [6, 6.07) is 7.20. The van der Waals surface area contributed by atoms with Gasteiger partial charge in [-0.1, -0.05) is 13.8 Å². The Morgan fingerprint density at radius 2 is 1.91 bits per heavy atom. The van der Waals surface area contributed by atoms with Crippen LogP contribution in [0.2, 0.25) is 0 Å². The van der Waals surface area contributed by atoms with Gasteiger partial charge in [0.25, 0.3) is 0 Å². The van der Waals surface area contributed by atoms with Gasteiger partial charge in [-0.05, 0) is 49.1 Å². The predicted molar refractivity (Wildman–Crippen MR) is 125 cm³/mol. The van der Waals surface area contributed by atoms with Gasteiger partial charge >= 0.3 is 0 Å². The van der Waals surface area contributed by atoms with Gasteiger partial charge in [-0.25, -0.2) is 18.2 Å². The van der Waals surface area contributed by atoms with Gasteiger partial charge in [0.15, 0.2) is 6.29 Å². The standard InChI is InChI=1S/C22H25F3N4O.C2H6O/c1-13(2)20(26)19-18(29-9-3-4-14(11-29)21(24)25)10-17(12-30)28-22(19)27-16-7-5-15(23)6-8-16;1-3-2/h5-8,10,12-14,21,26H,3-4,9,11H2,1-2H3,(H,27,28);1-2H3. The van der Waals surface area contributed by atoms with E-state index in [1.807, 2.05) is 18.7 Å². The Hall–Kier alpha value is -2.94. The van der Waals surface area contributed by atoms with Crippen LogP contribution in [0.5, 0.6) is 0 Å². The van der Waals surface area contributed by atoms with Crippen LogP contribution in [0.3, 0.4) is 0 Å². The van der Waals surface area contributed by atoms with Crippen molar-refractivity contribution in [2.75, 3.05) is 37.5 Å². The zero-order valence-electron chi connectivity index (χ0n) is 19.4. The van der Waals surface area contributed by atoms with Crippen molar-refractivity contribution in [3.05, 3.63) is 47.4 Å². The maximum absolute atomic E-state index is 13.4. The number of alkyl halides is 2. The molecule has 0 saturated carbocycles. The summed E-state index contributed by atoms with van der Waals surface area (Å²) in [5.74, 6) is -1.03. The third-order valence-electron chi connectivity index (χ3n) is 5.25. The van der Waals surface area contributed by atoms with Gasteiger partial charge in [0.1, 0.15) is 17.3 Å². The van der Waals surface area contributed by atoms with Crippen molar-refractivity contribution < 1.29 is 22.7 Å². The van der Waals surface area contributed by atoms with Crippen molar-refractivity contribution in [3.63, 3.8) is 0 Å². The Kier molecular flexibility index (Phi) is 9.84. The van der Waals surface area contributed by atoms with E-state index in [0.717, 1.165) is 0 Å². The second-order valence-corrected chi connectivity index (χ2v) is 8.20. The van der Waals surface area contributed by atoms with Crippen LogP contribution in [-0.2, 0) is 4.74 Å². The number of nitrogens with one attached hydrogen (secondary N) is 2. The lowest BCUT2D eigenvalue weighted by atomic mass is 9.94. The first-order chi connectivity index (χ1) is 15.7. The summed E-state index contributed by atoms with van der Waals surface area (Å²) in [7, 11) is 3.25. The lowest BCUT2D eigenvalue weighted by Crippen LogP contribution is -2.39. The smallest absolute Gasteiger partial charge is 0.243 e. The van der Waals surface area contributed by atoms with E-state index in [4.69, 9.17) is 5.41 Å². The van der Waals surface area contributed by atoms with Gasteiger partial charge in [-0.3, -0.25) is 4.79 Å². The third-order valence-corrected chi connectivity index (χ3v) is 5.25. The van der Waals surface area contributed by atoms with E-state index in [9.17, 15) is 18.0 Å². The number of anilines is 3. The largest absolute Gasteiger partial charge is 0.388 e. The van der Waals surface area contributed by atoms with E-state index >= 15 is 0 Å². The average molecular weight is 465 g/mol. The number of hydrogen-bond acceptors (Lipinski definition) is 6. The summed E-state index contributed by atoms with van der Waals surface area (Å²) in [5, 5.41) is 11.7. The Bertz CT molecular complexity index is 936. The molecule has 180 valence electrons. The molecule has 1 unspecified atom stereocenters. The summed E-state index contributed by atoms with van der Waals surface area (Å²) in [4.78, 5) is 17.7. The van der Waals surface area contributed by atoms with Crippen molar-refractivity contribution in [1.82, 2.24) is 4.98 Å². The van der Waals surface area contributed by atoms with Crippen LogP contribution in [0.1, 0.15) is 42.7 Å². The molecule has 1 saturated heterocycles. The monoisotopic (exact) mass is 464 g/mol. The summed E-state index contributed by atoms with van der Waals surface area (Å²) in [5.41, 5.74) is 1.96. The SMILES string of the molecule is CC(C)C(=N)c1c(N2CCCC(C(F)F)C2)cc(C=O)nc1Nc1ccc(F)cc1.COC. The fraction of sp³-hybridized carbons (Fsp3) is 0.458. The average Bonchev–Trinajstić information content (AvgIpc) is 2.80. The van der Waals surface area contributed by atoms with E-state index in [-0.39, 0.29) is 29.7 Å². The van der Waals surface area contributed by atoms with Crippen LogP contribution in [0.25, 0.3) is 0 Å². The molecule has 1 atom stereocenters. The van der Waals surface area contributed by atoms with Crippen LogP contribution < -0.4 is 10.2 Å². The van der Waals surface area contributed by atoms with Gasteiger partial charge in [0.2, 0.25) is 6.43 Å². The number of hydrogen-bond donors (Lipinski definition) is 2. The first kappa shape index (κ1) is 26.3. The van der Waals surface area contributed by atoms with Gasteiger partial charge in [-0.15, -0.1) is 0 Å². The molecular weight excluding hydrogens is 433 g/mol. The number of ether oxygens (including phenoxy) is 1. The first-order valence-corrected chi connectivity index (χ1v) is 10.8. The Balaban J connectivity index is 0.00000122. The number of benzene rings is 1. The Labute approximate surface area is 192 Å². The normalized spacial score (nSPS) is 15.8. The third kappa shape index (κ3) is 7.02. The first-order valence-electron chi connectivity index (χ1n) is 10.8. The lowest BCUT2D eigenvalue weighted by molar-refractivity contribution is 0.0686. The molecule has 1 aromatic heterocycles. The number of piperidine rings is 1. The van der Waals surface area contributed by atoms with Gasteiger partial charge < -0.3 is 20.4 Å². The zero-order valence-corrected chi connectivity index (χ0v) is 19.4. The van der Waals surface area contributed by atoms with E-state index in [0.29, 0.717) is 42.6 Å². The second-order valence-electron chi connectivity index (χ2n) is 8.20. The van der Waals surface area contributed by atoms with Gasteiger partial charge in [0, 0.05) is 44.6 Å². The van der Waals surface area contributed by atoms with Crippen molar-refractivity contribution in [1.29, 1.82) is 5.41 Å². The number of methoxy groups -OCH3 is 1. The number of aldehydes is 1. The molecule has 1 aliphatic heterocycles. The van der Waals surface area contributed by atoms with Crippen molar-refractivity contribution in [3.8, 4) is 0 Å². The molecular formula is C24H31F3N4O2. The van der Waals surface area contributed by atoms with Crippen LogP contribution in [-0.4, -0.2) is 50.7 Å². The van der Waals surface area contributed by atoms with E-state index < -0.39 is 18.2 Å². The Morgan fingerprint density at radius 1 is 1.27 bits per heavy atom. The minimum absolute atomic E-state index is 0.133. The maximum atomic E-state index is 13.4. The molecule has 0 bridgehead atoms. The molecule has 0 amide bonds. The minimum atomic E-state index is -2.43. The second kappa shape index (κ2) is 12.3. The Morgan fingerprint density at radius 3 is 2.45 bits per heavy atom. The maximum Gasteiger partial charge on any atom is 0.243 e. The summed E-state index contributed by atoms with van der Waals surface area (Å²) in [6.45, 7) is 4.42. The van der Waals surface area contributed by atoms with Crippen molar-refractivity contribution in [2.24, 2.45) is 11.8 Å². The highest BCUT2D eigenvalue weighted by Gasteiger charge is 2.30. The number of carbonyl (C=O) groups is 1. The number of carbonyl (C=O) groups excluding carboxylic acids is 1.